The van der Waals surface area contributed by atoms with Crippen molar-refractivity contribution >= 4 is 38.4 Å². The molecule has 0 fully saturated rings. The number of rotatable bonds is 5. The molecule has 0 amide bonds. The maximum atomic E-state index is 13.2. The first-order valence-electron chi connectivity index (χ1n) is 9.64. The minimum atomic E-state index is -3.81. The Labute approximate surface area is 171 Å². The summed E-state index contributed by atoms with van der Waals surface area (Å²) in [7, 11) is -3.81. The van der Waals surface area contributed by atoms with E-state index in [1.807, 2.05) is 6.07 Å². The van der Waals surface area contributed by atoms with Gasteiger partial charge in [-0.25, -0.2) is 17.4 Å². The highest BCUT2D eigenvalue weighted by Crippen LogP contribution is 2.35. The van der Waals surface area contributed by atoms with Gasteiger partial charge in [-0.3, -0.25) is 0 Å². The quantitative estimate of drug-likeness (QED) is 0.587. The maximum absolute atomic E-state index is 13.2. The number of fused-ring (bicyclic) bond motifs is 1. The van der Waals surface area contributed by atoms with Crippen LogP contribution in [-0.4, -0.2) is 23.6 Å². The molecule has 2 heterocycles. The Balaban J connectivity index is 1.96. The highest BCUT2D eigenvalue weighted by molar-refractivity contribution is 7.90. The fourth-order valence-corrected chi connectivity index (χ4v) is 5.26. The van der Waals surface area contributed by atoms with Gasteiger partial charge in [-0.15, -0.1) is 0 Å². The molecule has 0 saturated carbocycles. The Kier molecular flexibility index (Phi) is 4.96. The van der Waals surface area contributed by atoms with Crippen LogP contribution >= 0.6 is 0 Å². The predicted molar refractivity (Wildman–Crippen MR) is 118 cm³/mol. The van der Waals surface area contributed by atoms with Crippen molar-refractivity contribution in [2.75, 3.05) is 0 Å². The minimum Gasteiger partial charge on any atom is -0.308 e. The smallest absolute Gasteiger partial charge is 0.269 e. The minimum absolute atomic E-state index is 0.195. The van der Waals surface area contributed by atoms with E-state index in [4.69, 9.17) is 5.41 Å². The molecule has 4 rings (SSSR count). The summed E-state index contributed by atoms with van der Waals surface area (Å²) in [6.07, 6.45) is 8.87. The van der Waals surface area contributed by atoms with E-state index in [0.717, 1.165) is 31.0 Å². The average Bonchev–Trinajstić information content (AvgIpc) is 3.14. The molecular formula is C23H23N3O2S. The van der Waals surface area contributed by atoms with Crippen LogP contribution in [0.15, 0.2) is 65.8 Å². The molecule has 0 unspecified atom stereocenters. The zero-order valence-corrected chi connectivity index (χ0v) is 17.2. The third kappa shape index (κ3) is 3.34. The van der Waals surface area contributed by atoms with E-state index in [0.29, 0.717) is 22.2 Å². The number of nitrogens with zero attached hydrogens (tertiary/aromatic N) is 2. The fraction of sp³-hybridized carbons (Fsp3) is 0.217. The van der Waals surface area contributed by atoms with Crippen molar-refractivity contribution in [3.8, 4) is 0 Å². The molecule has 0 aliphatic heterocycles. The molecule has 29 heavy (non-hydrogen) atoms. The van der Waals surface area contributed by atoms with Crippen LogP contribution in [0.25, 0.3) is 22.2 Å². The van der Waals surface area contributed by atoms with Gasteiger partial charge in [0.2, 0.25) is 0 Å². The molecule has 1 N–H and O–H groups in total. The Bertz CT molecular complexity index is 1250. The number of pyridine rings is 1. The van der Waals surface area contributed by atoms with Crippen molar-refractivity contribution in [3.05, 3.63) is 72.1 Å². The summed E-state index contributed by atoms with van der Waals surface area (Å²) in [6.45, 7) is 6.08. The van der Waals surface area contributed by atoms with Crippen molar-refractivity contribution in [3.63, 3.8) is 0 Å². The van der Waals surface area contributed by atoms with Crippen molar-refractivity contribution in [1.29, 1.82) is 5.41 Å². The van der Waals surface area contributed by atoms with Crippen LogP contribution in [0.2, 0.25) is 0 Å². The number of nitrogens with one attached hydrogen (secondary N) is 1. The normalized spacial score (nSPS) is 14.9. The van der Waals surface area contributed by atoms with E-state index in [-0.39, 0.29) is 4.90 Å². The Hall–Kier alpha value is -2.99. The molecule has 1 aromatic carbocycles. The third-order valence-electron chi connectivity index (χ3n) is 5.52. The summed E-state index contributed by atoms with van der Waals surface area (Å²) < 4.78 is 27.7. The molecule has 0 atom stereocenters. The molecule has 0 bridgehead atoms. The number of benzene rings is 1. The Morgan fingerprint density at radius 1 is 1.21 bits per heavy atom. The van der Waals surface area contributed by atoms with Crippen molar-refractivity contribution in [2.24, 2.45) is 0 Å². The predicted octanol–water partition coefficient (Wildman–Crippen LogP) is 5.28. The van der Waals surface area contributed by atoms with Gasteiger partial charge in [-0.1, -0.05) is 30.4 Å². The number of aromatic nitrogens is 2. The molecule has 5 nitrogen and oxygen atoms in total. The van der Waals surface area contributed by atoms with Gasteiger partial charge >= 0.3 is 0 Å². The molecule has 0 saturated heterocycles. The van der Waals surface area contributed by atoms with Crippen molar-refractivity contribution in [2.45, 2.75) is 37.5 Å². The summed E-state index contributed by atoms with van der Waals surface area (Å²) in [5.41, 5.74) is 5.08. The summed E-state index contributed by atoms with van der Waals surface area (Å²) in [4.78, 5) is 4.75. The van der Waals surface area contributed by atoms with Crippen LogP contribution in [0.3, 0.4) is 0 Å². The standard InChI is InChI=1S/C23H23N3O2S/c1-16-8-6-7-11-20(16)18-12-21-22(17(2)13-24)15-26(23(21)25-14-18)29(27,28)19-9-4-3-5-10-19/h3-5,9-10,12-15,24H,2,6-8,11H2,1H3. The molecular weight excluding hydrogens is 382 g/mol. The van der Waals surface area contributed by atoms with Crippen LogP contribution in [0.5, 0.6) is 0 Å². The summed E-state index contributed by atoms with van der Waals surface area (Å²) in [6, 6.07) is 10.3. The van der Waals surface area contributed by atoms with Gasteiger partial charge < -0.3 is 5.41 Å². The first kappa shape index (κ1) is 19.3. The van der Waals surface area contributed by atoms with Gasteiger partial charge in [0.05, 0.1) is 4.90 Å². The fourth-order valence-electron chi connectivity index (χ4n) is 3.91. The Morgan fingerprint density at radius 3 is 2.62 bits per heavy atom. The molecule has 6 heteroatoms. The SMILES string of the molecule is C=C(C=N)c1cn(S(=O)(=O)c2ccccc2)c2ncc(C3=C(C)CCCC3)cc12. The zero-order chi connectivity index (χ0) is 20.6. The van der Waals surface area contributed by atoms with Crippen LogP contribution < -0.4 is 0 Å². The first-order chi connectivity index (χ1) is 13.9. The van der Waals surface area contributed by atoms with E-state index in [9.17, 15) is 8.42 Å². The van der Waals surface area contributed by atoms with Gasteiger partial charge in [0.1, 0.15) is 0 Å². The molecule has 148 valence electrons. The van der Waals surface area contributed by atoms with Gasteiger partial charge in [0.15, 0.2) is 5.65 Å². The summed E-state index contributed by atoms with van der Waals surface area (Å²) in [5, 5.41) is 8.31. The molecule has 2 aromatic heterocycles. The monoisotopic (exact) mass is 405 g/mol. The lowest BCUT2D eigenvalue weighted by atomic mass is 9.88. The topological polar surface area (TPSA) is 75.8 Å². The van der Waals surface area contributed by atoms with E-state index >= 15 is 0 Å². The van der Waals surface area contributed by atoms with Crippen LogP contribution in [-0.2, 0) is 10.0 Å². The molecule has 3 aromatic rings. The summed E-state index contributed by atoms with van der Waals surface area (Å²) >= 11 is 0. The van der Waals surface area contributed by atoms with Gasteiger partial charge in [0.25, 0.3) is 10.0 Å². The second-order valence-electron chi connectivity index (χ2n) is 7.39. The molecule has 0 radical (unpaired) electrons. The maximum Gasteiger partial charge on any atom is 0.269 e. The lowest BCUT2D eigenvalue weighted by Gasteiger charge is -2.18. The van der Waals surface area contributed by atoms with E-state index in [1.54, 1.807) is 36.5 Å². The van der Waals surface area contributed by atoms with Gasteiger partial charge in [0, 0.05) is 29.6 Å². The highest BCUT2D eigenvalue weighted by atomic mass is 32.2. The second-order valence-corrected chi connectivity index (χ2v) is 9.20. The second kappa shape index (κ2) is 7.44. The van der Waals surface area contributed by atoms with Crippen LogP contribution in [0.1, 0.15) is 43.7 Å². The number of allylic oxidation sites excluding steroid dienone is 3. The average molecular weight is 406 g/mol. The lowest BCUT2D eigenvalue weighted by molar-refractivity contribution is 0.588. The van der Waals surface area contributed by atoms with Gasteiger partial charge in [-0.2, -0.15) is 0 Å². The first-order valence-corrected chi connectivity index (χ1v) is 11.1. The Morgan fingerprint density at radius 2 is 1.93 bits per heavy atom. The highest BCUT2D eigenvalue weighted by Gasteiger charge is 2.23. The van der Waals surface area contributed by atoms with E-state index in [2.05, 4.69) is 18.5 Å². The molecule has 1 aliphatic rings. The lowest BCUT2D eigenvalue weighted by Crippen LogP contribution is -2.12. The largest absolute Gasteiger partial charge is 0.308 e. The van der Waals surface area contributed by atoms with Gasteiger partial charge in [-0.05, 0) is 67.5 Å². The third-order valence-corrected chi connectivity index (χ3v) is 7.19. The molecule has 0 spiro atoms. The van der Waals surface area contributed by atoms with E-state index in [1.165, 1.54) is 27.7 Å². The van der Waals surface area contributed by atoms with Crippen molar-refractivity contribution in [1.82, 2.24) is 8.96 Å². The zero-order valence-electron chi connectivity index (χ0n) is 16.4. The van der Waals surface area contributed by atoms with Crippen molar-refractivity contribution < 1.29 is 8.42 Å². The van der Waals surface area contributed by atoms with E-state index < -0.39 is 10.0 Å². The number of hydrogen-bond donors (Lipinski definition) is 1. The molecule has 1 aliphatic carbocycles. The van der Waals surface area contributed by atoms with Crippen LogP contribution in [0.4, 0.5) is 0 Å². The summed E-state index contributed by atoms with van der Waals surface area (Å²) in [5.74, 6) is 0. The van der Waals surface area contributed by atoms with Crippen LogP contribution in [0, 0.1) is 5.41 Å². The number of hydrogen-bond acceptors (Lipinski definition) is 4.